The van der Waals surface area contributed by atoms with Crippen molar-refractivity contribution >= 4 is 34.4 Å². The first-order valence-corrected chi connectivity index (χ1v) is 10.2. The zero-order valence-corrected chi connectivity index (χ0v) is 17.0. The molecule has 0 spiro atoms. The minimum atomic E-state index is -0.418. The Kier molecular flexibility index (Phi) is 4.82. The number of aromatic nitrogens is 1. The van der Waals surface area contributed by atoms with E-state index < -0.39 is 11.4 Å². The Balaban J connectivity index is 1.33. The van der Waals surface area contributed by atoms with E-state index in [1.165, 1.54) is 30.5 Å². The van der Waals surface area contributed by atoms with Crippen LogP contribution in [0.3, 0.4) is 0 Å². The Hall–Kier alpha value is -3.85. The number of nitrogens with two attached hydrogens (primary N) is 2. The minimum absolute atomic E-state index is 0.0148. The lowest BCUT2D eigenvalue weighted by molar-refractivity contribution is 0.0773. The number of nitrogens with one attached hydrogen (secondary N) is 1. The smallest absolute Gasteiger partial charge is 0.258 e. The Morgan fingerprint density at radius 1 is 1.12 bits per heavy atom. The lowest BCUT2D eigenvalue weighted by Gasteiger charge is -2.19. The maximum atomic E-state index is 13.5. The SMILES string of the molecule is NN=C(C=Nc1ccc(C(=O)N2C[C@@H]3C(N)[C@@H]3C2)cc1)c1cc2cc(F)ccc2[nH]c1=O. The standard InChI is InChI=1S/C23H21FN6O2/c24-14-3-6-19-13(7-14)8-16(22(31)28-19)20(29-26)9-27-15-4-1-12(2-5-15)23(32)30-10-17-18(11-30)21(17)25/h1-9,17-18,21H,10-11,25-26H2,(H,28,31)/t17-,18+,21?. The molecule has 2 aromatic carbocycles. The number of hydrogen-bond donors (Lipinski definition) is 3. The highest BCUT2D eigenvalue weighted by Gasteiger charge is 2.54. The number of hydrazone groups is 1. The van der Waals surface area contributed by atoms with Crippen molar-refractivity contribution in [3.63, 3.8) is 0 Å². The van der Waals surface area contributed by atoms with Gasteiger partial charge in [0.2, 0.25) is 0 Å². The van der Waals surface area contributed by atoms with E-state index in [1.54, 1.807) is 24.3 Å². The van der Waals surface area contributed by atoms with Crippen LogP contribution in [0.15, 0.2) is 63.4 Å². The van der Waals surface area contributed by atoms with Gasteiger partial charge in [0, 0.05) is 35.6 Å². The van der Waals surface area contributed by atoms with Crippen LogP contribution in [0.4, 0.5) is 10.1 Å². The van der Waals surface area contributed by atoms with Gasteiger partial charge in [-0.2, -0.15) is 5.10 Å². The molecule has 5 rings (SSSR count). The summed E-state index contributed by atoms with van der Waals surface area (Å²) in [6, 6.07) is 12.7. The molecule has 9 heteroatoms. The average Bonchev–Trinajstić information content (AvgIpc) is 3.19. The number of aliphatic imine (C=N–C) groups is 1. The van der Waals surface area contributed by atoms with Crippen LogP contribution in [0.5, 0.6) is 0 Å². The first kappa shape index (κ1) is 20.1. The number of pyridine rings is 1. The highest BCUT2D eigenvalue weighted by atomic mass is 19.1. The summed E-state index contributed by atoms with van der Waals surface area (Å²) in [5, 5.41) is 4.17. The van der Waals surface area contributed by atoms with Crippen molar-refractivity contribution in [2.24, 2.45) is 33.5 Å². The van der Waals surface area contributed by atoms with Gasteiger partial charge in [-0.05, 0) is 60.4 Å². The monoisotopic (exact) mass is 432 g/mol. The molecular weight excluding hydrogens is 411 g/mol. The second-order valence-electron chi connectivity index (χ2n) is 8.18. The fraction of sp³-hybridized carbons (Fsp3) is 0.217. The summed E-state index contributed by atoms with van der Waals surface area (Å²) in [6.07, 6.45) is 1.36. The third kappa shape index (κ3) is 3.56. The average molecular weight is 432 g/mol. The topological polar surface area (TPSA) is 130 Å². The summed E-state index contributed by atoms with van der Waals surface area (Å²) in [6.45, 7) is 1.43. The van der Waals surface area contributed by atoms with E-state index in [4.69, 9.17) is 11.6 Å². The fourth-order valence-electron chi connectivity index (χ4n) is 4.29. The molecule has 5 N–H and O–H groups in total. The largest absolute Gasteiger partial charge is 0.338 e. The van der Waals surface area contributed by atoms with Gasteiger partial charge in [-0.3, -0.25) is 14.6 Å². The van der Waals surface area contributed by atoms with Crippen molar-refractivity contribution in [2.75, 3.05) is 13.1 Å². The van der Waals surface area contributed by atoms with Gasteiger partial charge in [0.25, 0.3) is 11.5 Å². The lowest BCUT2D eigenvalue weighted by atomic mass is 10.1. The highest BCUT2D eigenvalue weighted by Crippen LogP contribution is 2.44. The number of halogens is 1. The van der Waals surface area contributed by atoms with Crippen LogP contribution in [0, 0.1) is 17.7 Å². The van der Waals surface area contributed by atoms with Gasteiger partial charge in [0.05, 0.1) is 17.5 Å². The number of fused-ring (bicyclic) bond motifs is 2. The van der Waals surface area contributed by atoms with Crippen LogP contribution >= 0.6 is 0 Å². The van der Waals surface area contributed by atoms with Gasteiger partial charge in [0.1, 0.15) is 11.5 Å². The van der Waals surface area contributed by atoms with Gasteiger partial charge >= 0.3 is 0 Å². The Morgan fingerprint density at radius 2 is 1.84 bits per heavy atom. The first-order chi connectivity index (χ1) is 15.4. The van der Waals surface area contributed by atoms with Crippen molar-refractivity contribution in [2.45, 2.75) is 6.04 Å². The minimum Gasteiger partial charge on any atom is -0.338 e. The zero-order valence-electron chi connectivity index (χ0n) is 17.0. The molecule has 1 unspecified atom stereocenters. The maximum Gasteiger partial charge on any atom is 0.258 e. The number of carbonyl (C=O) groups excluding carboxylic acids is 1. The van der Waals surface area contributed by atoms with Gasteiger partial charge in [-0.25, -0.2) is 4.39 Å². The maximum absolute atomic E-state index is 13.5. The number of benzene rings is 2. The molecule has 32 heavy (non-hydrogen) atoms. The summed E-state index contributed by atoms with van der Waals surface area (Å²) < 4.78 is 13.5. The molecule has 8 nitrogen and oxygen atoms in total. The second kappa shape index (κ2) is 7.69. The van der Waals surface area contributed by atoms with E-state index in [2.05, 4.69) is 15.1 Å². The molecule has 2 fully saturated rings. The van der Waals surface area contributed by atoms with Crippen LogP contribution in [-0.4, -0.2) is 46.8 Å². The summed E-state index contributed by atoms with van der Waals surface area (Å²) >= 11 is 0. The van der Waals surface area contributed by atoms with Crippen molar-refractivity contribution in [3.8, 4) is 0 Å². The number of likely N-dealkylation sites (tertiary alicyclic amines) is 1. The van der Waals surface area contributed by atoms with Crippen LogP contribution in [0.25, 0.3) is 10.9 Å². The Bertz CT molecular complexity index is 1320. The quantitative estimate of drug-likeness (QED) is 0.329. The van der Waals surface area contributed by atoms with Crippen LogP contribution in [0.1, 0.15) is 15.9 Å². The van der Waals surface area contributed by atoms with E-state index in [0.29, 0.717) is 47.1 Å². The zero-order chi connectivity index (χ0) is 22.4. The Labute approximate surface area is 182 Å². The van der Waals surface area contributed by atoms with Gasteiger partial charge in [-0.15, -0.1) is 0 Å². The number of nitrogens with zero attached hydrogens (tertiary/aromatic N) is 3. The number of carbonyl (C=O) groups is 1. The lowest BCUT2D eigenvalue weighted by Crippen LogP contribution is -2.33. The number of hydrogen-bond acceptors (Lipinski definition) is 6. The fourth-order valence-corrected chi connectivity index (χ4v) is 4.29. The number of aromatic amines is 1. The number of H-pyrrole nitrogens is 1. The van der Waals surface area contributed by atoms with Crippen molar-refractivity contribution in [1.82, 2.24) is 9.88 Å². The number of amides is 1. The molecule has 2 aliphatic rings. The van der Waals surface area contributed by atoms with Crippen LogP contribution < -0.4 is 17.1 Å². The molecule has 0 radical (unpaired) electrons. The van der Waals surface area contributed by atoms with Crippen LogP contribution in [0.2, 0.25) is 0 Å². The normalized spacial score (nSPS) is 22.5. The highest BCUT2D eigenvalue weighted by molar-refractivity contribution is 6.38. The summed E-state index contributed by atoms with van der Waals surface area (Å²) in [4.78, 5) is 33.9. The van der Waals surface area contributed by atoms with Gasteiger partial charge in [-0.1, -0.05) is 0 Å². The van der Waals surface area contributed by atoms with Crippen LogP contribution in [-0.2, 0) is 0 Å². The molecule has 1 saturated heterocycles. The second-order valence-corrected chi connectivity index (χ2v) is 8.18. The van der Waals surface area contributed by atoms with E-state index >= 15 is 0 Å². The molecule has 3 aromatic rings. The number of piperidine rings is 1. The summed E-state index contributed by atoms with van der Waals surface area (Å²) in [5.74, 6) is 5.92. The van der Waals surface area contributed by atoms with Gasteiger partial charge < -0.3 is 21.5 Å². The molecule has 1 aliphatic carbocycles. The molecule has 1 amide bonds. The van der Waals surface area contributed by atoms with E-state index in [9.17, 15) is 14.0 Å². The molecule has 2 heterocycles. The van der Waals surface area contributed by atoms with E-state index in [0.717, 1.165) is 0 Å². The predicted octanol–water partition coefficient (Wildman–Crippen LogP) is 1.76. The number of rotatable bonds is 4. The molecule has 162 valence electrons. The third-order valence-corrected chi connectivity index (χ3v) is 6.22. The summed E-state index contributed by atoms with van der Waals surface area (Å²) in [5.41, 5.74) is 7.50. The van der Waals surface area contributed by atoms with Crippen molar-refractivity contribution in [1.29, 1.82) is 0 Å². The summed E-state index contributed by atoms with van der Waals surface area (Å²) in [7, 11) is 0. The van der Waals surface area contributed by atoms with E-state index in [-0.39, 0.29) is 23.2 Å². The van der Waals surface area contributed by atoms with E-state index in [1.807, 2.05) is 4.90 Å². The first-order valence-electron chi connectivity index (χ1n) is 10.2. The Morgan fingerprint density at radius 3 is 2.53 bits per heavy atom. The predicted molar refractivity (Wildman–Crippen MR) is 121 cm³/mol. The molecular formula is C23H21FN6O2. The molecule has 1 saturated carbocycles. The third-order valence-electron chi connectivity index (χ3n) is 6.22. The van der Waals surface area contributed by atoms with Gasteiger partial charge in [0.15, 0.2) is 0 Å². The van der Waals surface area contributed by atoms with Crippen molar-refractivity contribution in [3.05, 3.63) is 75.8 Å². The van der Waals surface area contributed by atoms with Crippen molar-refractivity contribution < 1.29 is 9.18 Å². The molecule has 1 aromatic heterocycles. The molecule has 3 atom stereocenters. The molecule has 0 bridgehead atoms. The molecule has 1 aliphatic heterocycles.